The number of pyridine rings is 1. The number of nitrogens with one attached hydrogen (secondary N) is 1. The predicted octanol–water partition coefficient (Wildman–Crippen LogP) is 3.27. The fourth-order valence-corrected chi connectivity index (χ4v) is 3.19. The minimum absolute atomic E-state index is 0.125. The first kappa shape index (κ1) is 14.8. The van der Waals surface area contributed by atoms with Gasteiger partial charge in [-0.3, -0.25) is 14.9 Å². The van der Waals surface area contributed by atoms with Crippen molar-refractivity contribution < 1.29 is 9.18 Å². The molecule has 122 valence electrons. The number of fused-ring (bicyclic) bond motifs is 1. The third-order valence-corrected chi connectivity index (χ3v) is 5.06. The summed E-state index contributed by atoms with van der Waals surface area (Å²) < 4.78 is 13.8. The molecule has 0 atom stereocenters. The van der Waals surface area contributed by atoms with Gasteiger partial charge in [-0.2, -0.15) is 5.10 Å². The van der Waals surface area contributed by atoms with Crippen LogP contribution in [0.25, 0.3) is 10.9 Å². The fourth-order valence-electron chi connectivity index (χ4n) is 3.19. The average molecular weight is 324 g/mol. The van der Waals surface area contributed by atoms with Gasteiger partial charge >= 0.3 is 0 Å². The molecule has 2 heterocycles. The summed E-state index contributed by atoms with van der Waals surface area (Å²) in [4.78, 5) is 17.2. The highest BCUT2D eigenvalue weighted by Crippen LogP contribution is 2.49. The number of nitrogen functional groups attached to an aromatic ring is 1. The number of H-pyrrole nitrogens is 1. The van der Waals surface area contributed by atoms with Crippen LogP contribution in [0, 0.1) is 12.7 Å². The molecule has 1 saturated carbocycles. The molecule has 0 saturated heterocycles. The number of carbonyl (C=O) groups is 1. The zero-order valence-electron chi connectivity index (χ0n) is 13.5. The average Bonchev–Trinajstić information content (AvgIpc) is 3.11. The summed E-state index contributed by atoms with van der Waals surface area (Å²) in [6.45, 7) is 4.09. The number of aromatic nitrogens is 3. The van der Waals surface area contributed by atoms with Crippen molar-refractivity contribution in [3.63, 3.8) is 0 Å². The Kier molecular flexibility index (Phi) is 3.00. The second kappa shape index (κ2) is 4.87. The van der Waals surface area contributed by atoms with Crippen molar-refractivity contribution in [1.82, 2.24) is 15.2 Å². The Hall–Kier alpha value is -2.76. The number of aromatic amines is 1. The fraction of sp³-hybridized carbons (Fsp3) is 0.278. The molecule has 0 unspecified atom stereocenters. The Morgan fingerprint density at radius 2 is 2.08 bits per heavy atom. The van der Waals surface area contributed by atoms with Crippen LogP contribution < -0.4 is 5.73 Å². The molecule has 0 aliphatic heterocycles. The smallest absolute Gasteiger partial charge is 0.214 e. The van der Waals surface area contributed by atoms with Crippen LogP contribution in [0.3, 0.4) is 0 Å². The number of ketones is 1. The number of carbonyl (C=O) groups excluding carboxylic acids is 1. The molecule has 1 aromatic carbocycles. The molecule has 2 aromatic heterocycles. The quantitative estimate of drug-likeness (QED) is 0.724. The van der Waals surface area contributed by atoms with Gasteiger partial charge in [0, 0.05) is 17.1 Å². The van der Waals surface area contributed by atoms with Crippen molar-refractivity contribution in [3.05, 3.63) is 52.7 Å². The van der Waals surface area contributed by atoms with E-state index >= 15 is 0 Å². The van der Waals surface area contributed by atoms with E-state index in [0.29, 0.717) is 16.6 Å². The van der Waals surface area contributed by atoms with Crippen molar-refractivity contribution >= 4 is 22.4 Å². The zero-order chi connectivity index (χ0) is 17.1. The largest absolute Gasteiger partial charge is 0.397 e. The van der Waals surface area contributed by atoms with Crippen LogP contribution in [0.2, 0.25) is 0 Å². The van der Waals surface area contributed by atoms with E-state index in [4.69, 9.17) is 5.73 Å². The van der Waals surface area contributed by atoms with E-state index in [2.05, 4.69) is 22.1 Å². The molecule has 0 bridgehead atoms. The van der Waals surface area contributed by atoms with Crippen LogP contribution in [0.1, 0.15) is 46.9 Å². The number of anilines is 1. The van der Waals surface area contributed by atoms with Gasteiger partial charge in [-0.25, -0.2) is 4.39 Å². The molecule has 0 radical (unpaired) electrons. The van der Waals surface area contributed by atoms with Gasteiger partial charge in [-0.15, -0.1) is 0 Å². The molecule has 0 amide bonds. The predicted molar refractivity (Wildman–Crippen MR) is 89.5 cm³/mol. The van der Waals surface area contributed by atoms with Gasteiger partial charge in [-0.05, 0) is 48.4 Å². The lowest BCUT2D eigenvalue weighted by molar-refractivity contribution is 0.103. The number of benzene rings is 1. The number of nitrogens with two attached hydrogens (primary N) is 1. The lowest BCUT2D eigenvalue weighted by Crippen LogP contribution is -2.14. The Balaban J connectivity index is 1.84. The zero-order valence-corrected chi connectivity index (χ0v) is 13.5. The molecule has 1 aliphatic carbocycles. The first-order valence-electron chi connectivity index (χ1n) is 7.84. The van der Waals surface area contributed by atoms with E-state index in [-0.39, 0.29) is 22.4 Å². The molecule has 3 N–H and O–H groups in total. The van der Waals surface area contributed by atoms with Gasteiger partial charge in [0.15, 0.2) is 0 Å². The maximum Gasteiger partial charge on any atom is 0.214 e. The van der Waals surface area contributed by atoms with Gasteiger partial charge < -0.3 is 5.73 Å². The third-order valence-electron chi connectivity index (χ3n) is 5.06. The Morgan fingerprint density at radius 1 is 1.33 bits per heavy atom. The maximum atomic E-state index is 13.8. The topological polar surface area (TPSA) is 84.7 Å². The molecule has 1 fully saturated rings. The van der Waals surface area contributed by atoms with Crippen LogP contribution in [-0.4, -0.2) is 21.0 Å². The molecule has 5 nitrogen and oxygen atoms in total. The number of nitrogens with zero attached hydrogens (tertiary/aromatic N) is 2. The Bertz CT molecular complexity index is 988. The highest BCUT2D eigenvalue weighted by molar-refractivity contribution is 6.17. The molecular formula is C18H17FN4O. The van der Waals surface area contributed by atoms with Crippen molar-refractivity contribution in [2.24, 2.45) is 0 Å². The van der Waals surface area contributed by atoms with Crippen LogP contribution >= 0.6 is 0 Å². The highest BCUT2D eigenvalue weighted by Gasteiger charge is 2.41. The molecule has 4 rings (SSSR count). The van der Waals surface area contributed by atoms with Crippen LogP contribution in [0.15, 0.2) is 24.5 Å². The Labute approximate surface area is 138 Å². The van der Waals surface area contributed by atoms with Crippen molar-refractivity contribution in [2.75, 3.05) is 5.73 Å². The lowest BCUT2D eigenvalue weighted by atomic mass is 9.92. The number of halogens is 1. The summed E-state index contributed by atoms with van der Waals surface area (Å²) in [7, 11) is 0. The van der Waals surface area contributed by atoms with Gasteiger partial charge in [0.1, 0.15) is 17.0 Å². The monoisotopic (exact) mass is 324 g/mol. The number of hydrogen-bond acceptors (Lipinski definition) is 4. The molecule has 0 spiro atoms. The first-order chi connectivity index (χ1) is 11.4. The minimum atomic E-state index is -0.451. The van der Waals surface area contributed by atoms with Gasteiger partial charge in [0.25, 0.3) is 0 Å². The molecule has 3 aromatic rings. The SMILES string of the molecule is Cc1c(C2(C)CC2)cnc(C(=O)c2ccc(F)c3[nH]ncc23)c1N. The maximum absolute atomic E-state index is 13.8. The normalized spacial score (nSPS) is 15.6. The standard InChI is InChI=1S/C18H17FN4O/c1-9-12(18(2)5-6-18)8-21-16(14(9)20)17(24)10-3-4-13(19)15-11(10)7-22-23-15/h3-4,7-8H,5-6,20H2,1-2H3,(H,22,23). The number of rotatable bonds is 3. The van der Waals surface area contributed by atoms with Gasteiger partial charge in [0.05, 0.1) is 11.9 Å². The van der Waals surface area contributed by atoms with E-state index in [1.807, 2.05) is 6.92 Å². The molecule has 24 heavy (non-hydrogen) atoms. The molecule has 1 aliphatic rings. The lowest BCUT2D eigenvalue weighted by Gasteiger charge is -2.16. The molecule has 6 heteroatoms. The first-order valence-corrected chi connectivity index (χ1v) is 7.84. The van der Waals surface area contributed by atoms with Crippen molar-refractivity contribution in [3.8, 4) is 0 Å². The summed E-state index contributed by atoms with van der Waals surface area (Å²) in [5, 5.41) is 6.82. The minimum Gasteiger partial charge on any atom is -0.397 e. The number of hydrogen-bond donors (Lipinski definition) is 2. The summed E-state index contributed by atoms with van der Waals surface area (Å²) in [6, 6.07) is 2.69. The molecular weight excluding hydrogens is 307 g/mol. The third kappa shape index (κ3) is 2.02. The summed E-state index contributed by atoms with van der Waals surface area (Å²) in [5.41, 5.74) is 9.49. The van der Waals surface area contributed by atoms with E-state index in [1.165, 1.54) is 18.3 Å². The van der Waals surface area contributed by atoms with Gasteiger partial charge in [0.2, 0.25) is 5.78 Å². The van der Waals surface area contributed by atoms with Crippen LogP contribution in [0.4, 0.5) is 10.1 Å². The summed E-state index contributed by atoms with van der Waals surface area (Å²) >= 11 is 0. The Morgan fingerprint density at radius 3 is 2.79 bits per heavy atom. The van der Waals surface area contributed by atoms with Gasteiger partial charge in [-0.1, -0.05) is 6.92 Å². The van der Waals surface area contributed by atoms with E-state index in [9.17, 15) is 9.18 Å². The van der Waals surface area contributed by atoms with Crippen molar-refractivity contribution in [2.45, 2.75) is 32.1 Å². The summed E-state index contributed by atoms with van der Waals surface area (Å²) in [5.74, 6) is -0.775. The van der Waals surface area contributed by atoms with E-state index < -0.39 is 5.82 Å². The van der Waals surface area contributed by atoms with E-state index in [0.717, 1.165) is 24.0 Å². The summed E-state index contributed by atoms with van der Waals surface area (Å²) in [6.07, 6.45) is 5.40. The second-order valence-corrected chi connectivity index (χ2v) is 6.70. The van der Waals surface area contributed by atoms with Crippen LogP contribution in [-0.2, 0) is 5.41 Å². The van der Waals surface area contributed by atoms with E-state index in [1.54, 1.807) is 6.20 Å². The van der Waals surface area contributed by atoms with Crippen LogP contribution in [0.5, 0.6) is 0 Å². The highest BCUT2D eigenvalue weighted by atomic mass is 19.1. The van der Waals surface area contributed by atoms with Crippen molar-refractivity contribution in [1.29, 1.82) is 0 Å². The second-order valence-electron chi connectivity index (χ2n) is 6.70.